The van der Waals surface area contributed by atoms with Gasteiger partial charge in [0.25, 0.3) is 0 Å². The number of carbonyl (C=O) groups is 1. The molecule has 0 bridgehead atoms. The van der Waals surface area contributed by atoms with Crippen LogP contribution in [0.2, 0.25) is 5.02 Å². The van der Waals surface area contributed by atoms with Gasteiger partial charge in [-0.3, -0.25) is 9.78 Å². The lowest BCUT2D eigenvalue weighted by atomic mass is 10.0. The molecule has 1 aromatic heterocycles. The quantitative estimate of drug-likeness (QED) is 0.713. The molecule has 0 N–H and O–H groups in total. The predicted molar refractivity (Wildman–Crippen MR) is 79.1 cm³/mol. The number of rotatable bonds is 3. The molecule has 5 heteroatoms. The van der Waals surface area contributed by atoms with Crippen molar-refractivity contribution in [2.45, 2.75) is 6.42 Å². The molecule has 18 heavy (non-hydrogen) atoms. The third kappa shape index (κ3) is 3.40. The van der Waals surface area contributed by atoms with Crippen LogP contribution in [0.3, 0.4) is 0 Å². The van der Waals surface area contributed by atoms with Gasteiger partial charge >= 0.3 is 0 Å². The lowest BCUT2D eigenvalue weighted by molar-refractivity contribution is 0.0993. The summed E-state index contributed by atoms with van der Waals surface area (Å²) in [5, 5.41) is 0.593. The van der Waals surface area contributed by atoms with Crippen molar-refractivity contribution in [3.8, 4) is 0 Å². The molecule has 0 spiro atoms. The van der Waals surface area contributed by atoms with E-state index < -0.39 is 0 Å². The molecule has 0 fully saturated rings. The number of ketones is 1. The number of hydrogen-bond donors (Lipinski definition) is 0. The van der Waals surface area contributed by atoms with Crippen molar-refractivity contribution in [1.82, 2.24) is 4.98 Å². The van der Waals surface area contributed by atoms with Crippen molar-refractivity contribution >= 4 is 49.2 Å². The summed E-state index contributed by atoms with van der Waals surface area (Å²) in [5.74, 6) is 0.0345. The van der Waals surface area contributed by atoms with Gasteiger partial charge in [-0.1, -0.05) is 11.6 Å². The molecular weight excluding hydrogens is 381 g/mol. The number of carbonyl (C=O) groups excluding carboxylic acids is 1. The number of hydrogen-bond acceptors (Lipinski definition) is 2. The molecule has 0 aliphatic heterocycles. The zero-order chi connectivity index (χ0) is 13.1. The largest absolute Gasteiger partial charge is 0.294 e. The fourth-order valence-corrected chi connectivity index (χ4v) is 2.42. The van der Waals surface area contributed by atoms with Gasteiger partial charge in [-0.25, -0.2) is 0 Å². The summed E-state index contributed by atoms with van der Waals surface area (Å²) in [6.07, 6.45) is 3.70. The summed E-state index contributed by atoms with van der Waals surface area (Å²) in [6.45, 7) is 0. The van der Waals surface area contributed by atoms with Crippen LogP contribution in [-0.4, -0.2) is 10.8 Å². The van der Waals surface area contributed by atoms with Crippen LogP contribution in [0.15, 0.2) is 45.6 Å². The van der Waals surface area contributed by atoms with Crippen molar-refractivity contribution in [3.63, 3.8) is 0 Å². The van der Waals surface area contributed by atoms with Crippen molar-refractivity contribution in [1.29, 1.82) is 0 Å². The van der Waals surface area contributed by atoms with E-state index in [2.05, 4.69) is 36.8 Å². The Morgan fingerprint density at radius 1 is 1.22 bits per heavy atom. The summed E-state index contributed by atoms with van der Waals surface area (Å²) in [6, 6.07) is 7.05. The third-order valence-electron chi connectivity index (χ3n) is 2.37. The summed E-state index contributed by atoms with van der Waals surface area (Å²) in [5.41, 5.74) is 1.51. The van der Waals surface area contributed by atoms with Crippen molar-refractivity contribution in [3.05, 3.63) is 61.8 Å². The van der Waals surface area contributed by atoms with Crippen LogP contribution in [0.5, 0.6) is 0 Å². The van der Waals surface area contributed by atoms with E-state index >= 15 is 0 Å². The summed E-state index contributed by atoms with van der Waals surface area (Å²) < 4.78 is 1.59. The Balaban J connectivity index is 2.19. The van der Waals surface area contributed by atoms with E-state index in [9.17, 15) is 4.79 Å². The zero-order valence-electron chi connectivity index (χ0n) is 9.16. The minimum atomic E-state index is 0.0345. The van der Waals surface area contributed by atoms with Crippen LogP contribution in [0, 0.1) is 0 Å². The van der Waals surface area contributed by atoms with E-state index in [-0.39, 0.29) is 5.78 Å². The van der Waals surface area contributed by atoms with Crippen molar-refractivity contribution in [2.24, 2.45) is 0 Å². The number of halogens is 3. The maximum Gasteiger partial charge on any atom is 0.167 e. The number of benzene rings is 1. The minimum absolute atomic E-state index is 0.0345. The van der Waals surface area contributed by atoms with E-state index in [1.165, 1.54) is 0 Å². The molecule has 0 saturated heterocycles. The Kier molecular flexibility index (Phi) is 4.54. The van der Waals surface area contributed by atoms with Crippen LogP contribution in [0.1, 0.15) is 15.9 Å². The number of nitrogens with zero attached hydrogens (tertiary/aromatic N) is 1. The molecule has 0 unspecified atom stereocenters. The first-order valence-corrected chi connectivity index (χ1v) is 7.10. The van der Waals surface area contributed by atoms with E-state index in [4.69, 9.17) is 11.6 Å². The van der Waals surface area contributed by atoms with E-state index in [0.29, 0.717) is 17.0 Å². The molecule has 0 radical (unpaired) electrons. The highest BCUT2D eigenvalue weighted by Gasteiger charge is 2.09. The highest BCUT2D eigenvalue weighted by molar-refractivity contribution is 9.10. The van der Waals surface area contributed by atoms with Crippen molar-refractivity contribution in [2.75, 3.05) is 0 Å². The first kappa shape index (κ1) is 13.7. The second kappa shape index (κ2) is 5.95. The molecule has 0 aliphatic rings. The molecule has 0 atom stereocenters. The minimum Gasteiger partial charge on any atom is -0.294 e. The molecule has 1 aromatic carbocycles. The molecule has 0 amide bonds. The van der Waals surface area contributed by atoms with Gasteiger partial charge in [0.05, 0.1) is 5.02 Å². The normalized spacial score (nSPS) is 10.4. The summed E-state index contributed by atoms with van der Waals surface area (Å²) in [7, 11) is 0. The van der Waals surface area contributed by atoms with Gasteiger partial charge in [0.1, 0.15) is 0 Å². The van der Waals surface area contributed by atoms with Gasteiger partial charge in [-0.15, -0.1) is 0 Å². The smallest absolute Gasteiger partial charge is 0.167 e. The SMILES string of the molecule is O=C(Cc1cncc(Br)c1)c1ccc(Cl)c(Br)c1. The first-order valence-electron chi connectivity index (χ1n) is 5.14. The first-order chi connectivity index (χ1) is 8.56. The topological polar surface area (TPSA) is 30.0 Å². The Labute approximate surface area is 127 Å². The maximum atomic E-state index is 12.1. The van der Waals surface area contributed by atoms with E-state index in [1.807, 2.05) is 6.07 Å². The molecular formula is C13H8Br2ClNO. The van der Waals surface area contributed by atoms with Crippen LogP contribution in [0.4, 0.5) is 0 Å². The monoisotopic (exact) mass is 387 g/mol. The second-order valence-corrected chi connectivity index (χ2v) is 5.92. The van der Waals surface area contributed by atoms with Gasteiger partial charge in [0.15, 0.2) is 5.78 Å². The molecule has 0 saturated carbocycles. The molecule has 2 nitrogen and oxygen atoms in total. The summed E-state index contributed by atoms with van der Waals surface area (Å²) >= 11 is 12.5. The Morgan fingerprint density at radius 2 is 2.00 bits per heavy atom. The number of pyridine rings is 1. The van der Waals surface area contributed by atoms with Crippen LogP contribution in [-0.2, 0) is 6.42 Å². The fourth-order valence-electron chi connectivity index (χ4n) is 1.51. The van der Waals surface area contributed by atoms with Gasteiger partial charge in [0, 0.05) is 33.3 Å². The molecule has 2 rings (SSSR count). The van der Waals surface area contributed by atoms with Crippen molar-refractivity contribution < 1.29 is 4.79 Å². The number of aromatic nitrogens is 1. The van der Waals surface area contributed by atoms with E-state index in [1.54, 1.807) is 30.6 Å². The summed E-state index contributed by atoms with van der Waals surface area (Å²) in [4.78, 5) is 16.1. The molecule has 1 heterocycles. The predicted octanol–water partition coefficient (Wildman–Crippen LogP) is 4.69. The van der Waals surface area contributed by atoms with Gasteiger partial charge < -0.3 is 0 Å². The third-order valence-corrected chi connectivity index (χ3v) is 4.02. The molecule has 2 aromatic rings. The van der Waals surface area contributed by atoms with Crippen LogP contribution in [0.25, 0.3) is 0 Å². The van der Waals surface area contributed by atoms with Gasteiger partial charge in [0.2, 0.25) is 0 Å². The second-order valence-electron chi connectivity index (χ2n) is 3.74. The average molecular weight is 389 g/mol. The fraction of sp³-hybridized carbons (Fsp3) is 0.0769. The lowest BCUT2D eigenvalue weighted by Crippen LogP contribution is -2.03. The average Bonchev–Trinajstić information content (AvgIpc) is 2.32. The number of Topliss-reactive ketones (excluding diaryl/α,β-unsaturated/α-hetero) is 1. The van der Waals surface area contributed by atoms with Gasteiger partial charge in [-0.2, -0.15) is 0 Å². The Hall–Kier alpha value is -0.710. The highest BCUT2D eigenvalue weighted by atomic mass is 79.9. The molecule has 0 aliphatic carbocycles. The van der Waals surface area contributed by atoms with Crippen LogP contribution >= 0.6 is 43.5 Å². The lowest BCUT2D eigenvalue weighted by Gasteiger charge is -2.03. The Bertz CT molecular complexity index is 601. The van der Waals surface area contributed by atoms with E-state index in [0.717, 1.165) is 14.5 Å². The van der Waals surface area contributed by atoms with Crippen LogP contribution < -0.4 is 0 Å². The molecule has 92 valence electrons. The maximum absolute atomic E-state index is 12.1. The Morgan fingerprint density at radius 3 is 2.67 bits per heavy atom. The van der Waals surface area contributed by atoms with Gasteiger partial charge in [-0.05, 0) is 61.7 Å². The zero-order valence-corrected chi connectivity index (χ0v) is 13.1. The highest BCUT2D eigenvalue weighted by Crippen LogP contribution is 2.24. The standard InChI is InChI=1S/C13H8Br2ClNO/c14-10-3-8(6-17-7-10)4-13(18)9-1-2-12(16)11(15)5-9/h1-3,5-7H,4H2.